The van der Waals surface area contributed by atoms with E-state index in [2.05, 4.69) is 36.9 Å². The summed E-state index contributed by atoms with van der Waals surface area (Å²) in [5, 5.41) is 8.84. The molecule has 0 aliphatic carbocycles. The van der Waals surface area contributed by atoms with E-state index in [1.807, 2.05) is 25.4 Å². The van der Waals surface area contributed by atoms with E-state index in [-0.39, 0.29) is 11.9 Å². The third kappa shape index (κ3) is 3.88. The molecule has 0 radical (unpaired) electrons. The Morgan fingerprint density at radius 3 is 2.69 bits per heavy atom. The molecule has 4 aromatic rings. The third-order valence-electron chi connectivity index (χ3n) is 5.15. The Morgan fingerprint density at radius 2 is 2.03 bits per heavy atom. The average molecular weight is 411 g/mol. The van der Waals surface area contributed by atoms with Crippen LogP contribution in [-0.2, 0) is 6.54 Å². The second kappa shape index (κ2) is 7.93. The summed E-state index contributed by atoms with van der Waals surface area (Å²) in [6, 6.07) is 10.8. The number of nitrogens with zero attached hydrogens (tertiary/aromatic N) is 4. The topological polar surface area (TPSA) is 47.1 Å². The zero-order valence-corrected chi connectivity index (χ0v) is 17.7. The van der Waals surface area contributed by atoms with Gasteiger partial charge >= 0.3 is 0 Å². The number of aryl methyl sites for hydroxylation is 2. The molecule has 4 rings (SSSR count). The van der Waals surface area contributed by atoms with Gasteiger partial charge in [0.15, 0.2) is 0 Å². The van der Waals surface area contributed by atoms with E-state index in [1.54, 1.807) is 34.4 Å². The number of para-hydroxylation sites is 1. The van der Waals surface area contributed by atoms with Gasteiger partial charge in [-0.05, 0) is 46.0 Å². The minimum absolute atomic E-state index is 0.0729. The maximum absolute atomic E-state index is 14.4. The summed E-state index contributed by atoms with van der Waals surface area (Å²) in [5.74, 6) is -0.296. The van der Waals surface area contributed by atoms with Gasteiger partial charge in [-0.1, -0.05) is 17.3 Å². The fourth-order valence-electron chi connectivity index (χ4n) is 3.45. The molecule has 1 aromatic carbocycles. The van der Waals surface area contributed by atoms with Crippen LogP contribution in [0.1, 0.15) is 34.0 Å². The van der Waals surface area contributed by atoms with Crippen molar-refractivity contribution in [1.82, 2.24) is 19.8 Å². The molecule has 0 saturated carbocycles. The van der Waals surface area contributed by atoms with Crippen LogP contribution < -0.4 is 0 Å². The summed E-state index contributed by atoms with van der Waals surface area (Å²) in [6.07, 6.45) is 3.50. The van der Waals surface area contributed by atoms with Crippen molar-refractivity contribution in [3.05, 3.63) is 75.7 Å². The lowest BCUT2D eigenvalue weighted by Crippen LogP contribution is -2.22. The predicted molar refractivity (Wildman–Crippen MR) is 113 cm³/mol. The van der Waals surface area contributed by atoms with Gasteiger partial charge in [-0.3, -0.25) is 4.90 Å². The summed E-state index contributed by atoms with van der Waals surface area (Å²) < 4.78 is 21.0. The molecule has 3 heterocycles. The molecule has 5 nitrogen and oxygen atoms in total. The molecule has 0 amide bonds. The van der Waals surface area contributed by atoms with Gasteiger partial charge in [0, 0.05) is 39.7 Å². The number of hydrogen-bond acceptors (Lipinski definition) is 5. The molecule has 0 N–H and O–H groups in total. The van der Waals surface area contributed by atoms with Crippen LogP contribution in [0.25, 0.3) is 16.9 Å². The van der Waals surface area contributed by atoms with Crippen LogP contribution in [-0.4, -0.2) is 26.9 Å². The van der Waals surface area contributed by atoms with Gasteiger partial charge in [0.05, 0.1) is 11.7 Å². The number of halogens is 1. The maximum Gasteiger partial charge on any atom is 0.148 e. The summed E-state index contributed by atoms with van der Waals surface area (Å²) in [4.78, 5) is 4.61. The van der Waals surface area contributed by atoms with E-state index in [9.17, 15) is 4.39 Å². The summed E-state index contributed by atoms with van der Waals surface area (Å²) in [5.41, 5.74) is 4.33. The highest BCUT2D eigenvalue weighted by atomic mass is 32.1. The monoisotopic (exact) mass is 410 g/mol. The predicted octanol–water partition coefficient (Wildman–Crippen LogP) is 5.54. The van der Waals surface area contributed by atoms with E-state index in [1.165, 1.54) is 15.8 Å². The second-order valence-corrected chi connectivity index (χ2v) is 8.70. The number of hydrogen-bond donors (Lipinski definition) is 0. The van der Waals surface area contributed by atoms with Crippen molar-refractivity contribution in [2.45, 2.75) is 33.4 Å². The quantitative estimate of drug-likeness (QED) is 0.419. The molecule has 0 aliphatic rings. The van der Waals surface area contributed by atoms with Gasteiger partial charge < -0.3 is 4.52 Å². The Kier molecular flexibility index (Phi) is 5.34. The van der Waals surface area contributed by atoms with Crippen LogP contribution in [0.5, 0.6) is 0 Å². The Labute approximate surface area is 173 Å². The molecule has 150 valence electrons. The molecular weight excluding hydrogens is 387 g/mol. The van der Waals surface area contributed by atoms with Crippen molar-refractivity contribution in [2.75, 3.05) is 7.05 Å². The van der Waals surface area contributed by atoms with E-state index in [4.69, 9.17) is 9.62 Å². The van der Waals surface area contributed by atoms with Crippen LogP contribution in [0.4, 0.5) is 4.39 Å². The van der Waals surface area contributed by atoms with Crippen LogP contribution in [0.15, 0.2) is 53.4 Å². The number of benzene rings is 1. The highest BCUT2D eigenvalue weighted by Gasteiger charge is 2.21. The molecule has 3 aromatic heterocycles. The van der Waals surface area contributed by atoms with Crippen molar-refractivity contribution < 1.29 is 8.91 Å². The summed E-state index contributed by atoms with van der Waals surface area (Å²) in [7, 11) is 2.04. The van der Waals surface area contributed by atoms with Gasteiger partial charge in [0.25, 0.3) is 0 Å². The molecule has 1 atom stereocenters. The van der Waals surface area contributed by atoms with Crippen molar-refractivity contribution in [3.8, 4) is 16.9 Å². The lowest BCUT2D eigenvalue weighted by atomic mass is 10.1. The summed E-state index contributed by atoms with van der Waals surface area (Å²) >= 11 is 1.74. The van der Waals surface area contributed by atoms with Crippen LogP contribution in [0.3, 0.4) is 0 Å². The zero-order chi connectivity index (χ0) is 20.5. The average Bonchev–Trinajstić information content (AvgIpc) is 3.42. The van der Waals surface area contributed by atoms with E-state index >= 15 is 0 Å². The van der Waals surface area contributed by atoms with Gasteiger partial charge in [0.2, 0.25) is 0 Å². The van der Waals surface area contributed by atoms with Crippen LogP contribution in [0, 0.1) is 19.7 Å². The van der Waals surface area contributed by atoms with Gasteiger partial charge in [0.1, 0.15) is 23.5 Å². The van der Waals surface area contributed by atoms with Crippen LogP contribution in [0.2, 0.25) is 0 Å². The normalized spacial score (nSPS) is 12.6. The summed E-state index contributed by atoms with van der Waals surface area (Å²) in [6.45, 7) is 6.92. The maximum atomic E-state index is 14.4. The van der Waals surface area contributed by atoms with Crippen molar-refractivity contribution in [1.29, 1.82) is 0 Å². The third-order valence-corrected chi connectivity index (χ3v) is 6.12. The SMILES string of the molecule is Cc1cc(-c2nn(-c3ccccc3F)cc2CN(C)C(C)c2ccon2)c(C)s1. The zero-order valence-electron chi connectivity index (χ0n) is 16.9. The van der Waals surface area contributed by atoms with Gasteiger partial charge in [-0.2, -0.15) is 5.10 Å². The van der Waals surface area contributed by atoms with E-state index < -0.39 is 0 Å². The van der Waals surface area contributed by atoms with Crippen molar-refractivity contribution in [2.24, 2.45) is 0 Å². The molecule has 0 saturated heterocycles. The number of aromatic nitrogens is 3. The largest absolute Gasteiger partial charge is 0.364 e. The van der Waals surface area contributed by atoms with Gasteiger partial charge in [-0.25, -0.2) is 9.07 Å². The van der Waals surface area contributed by atoms with Crippen molar-refractivity contribution in [3.63, 3.8) is 0 Å². The first-order valence-corrected chi connectivity index (χ1v) is 10.3. The standard InChI is InChI=1S/C22H23FN4OS/c1-14-11-18(16(3)29-14)22-17(12-26(4)15(2)20-9-10-28-25-20)13-27(24-22)21-8-6-5-7-19(21)23/h5-11,13,15H,12H2,1-4H3. The molecule has 1 unspecified atom stereocenters. The Bertz CT molecular complexity index is 1120. The highest BCUT2D eigenvalue weighted by molar-refractivity contribution is 7.12. The first-order chi connectivity index (χ1) is 13.9. The van der Waals surface area contributed by atoms with Gasteiger partial charge in [-0.15, -0.1) is 11.3 Å². The molecule has 0 bridgehead atoms. The molecule has 29 heavy (non-hydrogen) atoms. The number of thiophene rings is 1. The lowest BCUT2D eigenvalue weighted by molar-refractivity contribution is 0.241. The van der Waals surface area contributed by atoms with Crippen molar-refractivity contribution >= 4 is 11.3 Å². The number of rotatable bonds is 6. The fraction of sp³-hybridized carbons (Fsp3) is 0.273. The minimum atomic E-state index is -0.296. The Balaban J connectivity index is 1.75. The lowest BCUT2D eigenvalue weighted by Gasteiger charge is -2.22. The molecular formula is C22H23FN4OS. The Hall–Kier alpha value is -2.77. The minimum Gasteiger partial charge on any atom is -0.364 e. The first kappa shape index (κ1) is 19.5. The second-order valence-electron chi connectivity index (χ2n) is 7.24. The molecule has 0 aliphatic heterocycles. The van der Waals surface area contributed by atoms with E-state index in [0.29, 0.717) is 12.2 Å². The highest BCUT2D eigenvalue weighted by Crippen LogP contribution is 2.34. The molecule has 7 heteroatoms. The first-order valence-electron chi connectivity index (χ1n) is 9.45. The Morgan fingerprint density at radius 1 is 1.24 bits per heavy atom. The molecule has 0 fully saturated rings. The molecule has 0 spiro atoms. The fourth-order valence-corrected chi connectivity index (χ4v) is 4.37. The van der Waals surface area contributed by atoms with Crippen LogP contribution >= 0.6 is 11.3 Å². The smallest absolute Gasteiger partial charge is 0.148 e. The van der Waals surface area contributed by atoms with E-state index in [0.717, 1.165) is 22.5 Å².